The third-order valence-corrected chi connectivity index (χ3v) is 6.57. The van der Waals surface area contributed by atoms with Gasteiger partial charge in [0.05, 0.1) is 24.4 Å². The molecule has 2 aliphatic rings. The van der Waals surface area contributed by atoms with E-state index in [1.54, 1.807) is 34.1 Å². The van der Waals surface area contributed by atoms with Crippen LogP contribution in [-0.4, -0.2) is 72.4 Å². The Labute approximate surface area is 217 Å². The van der Waals surface area contributed by atoms with Crippen LogP contribution in [0, 0.1) is 0 Å². The van der Waals surface area contributed by atoms with E-state index in [4.69, 9.17) is 10.6 Å². The molecule has 4 amide bonds. The first-order valence-corrected chi connectivity index (χ1v) is 12.0. The lowest BCUT2D eigenvalue weighted by atomic mass is 9.89. The second-order valence-corrected chi connectivity index (χ2v) is 9.18. The Morgan fingerprint density at radius 3 is 2.21 bits per heavy atom. The van der Waals surface area contributed by atoms with Crippen molar-refractivity contribution >= 4 is 29.2 Å². The molecule has 0 bridgehead atoms. The number of hydrogen-bond acceptors (Lipinski definition) is 6. The van der Waals surface area contributed by atoms with Gasteiger partial charge in [-0.1, -0.05) is 0 Å². The molecule has 0 radical (unpaired) electrons. The number of urea groups is 1. The van der Waals surface area contributed by atoms with Gasteiger partial charge in [-0.3, -0.25) is 9.59 Å². The lowest BCUT2D eigenvalue weighted by Gasteiger charge is -2.47. The van der Waals surface area contributed by atoms with E-state index in [2.05, 4.69) is 10.1 Å². The molecule has 2 aromatic rings. The van der Waals surface area contributed by atoms with Crippen molar-refractivity contribution in [1.29, 1.82) is 0 Å². The summed E-state index contributed by atoms with van der Waals surface area (Å²) >= 11 is 0. The quantitative estimate of drug-likeness (QED) is 0.352. The summed E-state index contributed by atoms with van der Waals surface area (Å²) in [4.78, 5) is 40.6. The normalized spacial score (nSPS) is 17.2. The number of hydrogen-bond donors (Lipinski definition) is 2. The van der Waals surface area contributed by atoms with Crippen molar-refractivity contribution in [1.82, 2.24) is 9.80 Å². The third-order valence-electron chi connectivity index (χ3n) is 6.57. The lowest BCUT2D eigenvalue weighted by molar-refractivity contribution is -0.274. The number of rotatable bonds is 4. The Balaban J connectivity index is 1.31. The van der Waals surface area contributed by atoms with Gasteiger partial charge in [0.25, 0.3) is 5.91 Å². The number of carbonyl (C=O) groups is 3. The molecule has 0 saturated carbocycles. The van der Waals surface area contributed by atoms with Crippen LogP contribution in [0.2, 0.25) is 0 Å². The largest absolute Gasteiger partial charge is 0.573 e. The zero-order chi connectivity index (χ0) is 27.5. The molecule has 0 atom stereocenters. The van der Waals surface area contributed by atoms with E-state index in [-0.39, 0.29) is 17.6 Å². The number of benzene rings is 2. The van der Waals surface area contributed by atoms with Gasteiger partial charge in [-0.2, -0.15) is 0 Å². The number of hydrazine groups is 1. The van der Waals surface area contributed by atoms with Crippen LogP contribution in [0.25, 0.3) is 0 Å². The van der Waals surface area contributed by atoms with Gasteiger partial charge in [-0.15, -0.1) is 13.2 Å². The van der Waals surface area contributed by atoms with Gasteiger partial charge in [0.2, 0.25) is 5.91 Å². The molecule has 0 unspecified atom stereocenters. The van der Waals surface area contributed by atoms with Gasteiger partial charge in [-0.05, 0) is 61.4 Å². The van der Waals surface area contributed by atoms with Gasteiger partial charge < -0.3 is 24.6 Å². The summed E-state index contributed by atoms with van der Waals surface area (Å²) in [5, 5.41) is 3.69. The topological polar surface area (TPSA) is 117 Å². The van der Waals surface area contributed by atoms with Crippen molar-refractivity contribution in [3.05, 3.63) is 54.1 Å². The van der Waals surface area contributed by atoms with E-state index in [0.717, 1.165) is 17.1 Å². The SMILES string of the molecule is CC(=O)N(N)c1ccc(C(=O)N2CCC3(CC2)CN(C(=O)Nc2ccc(OC(F)(F)F)cc2)CCO3)cc1. The van der Waals surface area contributed by atoms with Crippen molar-refractivity contribution in [3.63, 3.8) is 0 Å². The summed E-state index contributed by atoms with van der Waals surface area (Å²) < 4.78 is 46.9. The molecule has 10 nitrogen and oxygen atoms in total. The van der Waals surface area contributed by atoms with E-state index >= 15 is 0 Å². The standard InChI is InChI=1S/C25H28F3N5O5/c1-17(34)33(29)20-6-2-18(3-7-20)22(35)31-12-10-24(11-13-31)16-32(14-15-37-24)23(36)30-19-4-8-21(9-5-19)38-25(26,27)28/h2-9H,10-16,29H2,1H3,(H,30,36). The van der Waals surface area contributed by atoms with E-state index in [1.165, 1.54) is 19.1 Å². The number of nitrogens with one attached hydrogen (secondary N) is 1. The maximum Gasteiger partial charge on any atom is 0.573 e. The number of anilines is 2. The highest BCUT2D eigenvalue weighted by Crippen LogP contribution is 2.31. The van der Waals surface area contributed by atoms with Crippen LogP contribution in [0.4, 0.5) is 29.3 Å². The zero-order valence-corrected chi connectivity index (χ0v) is 20.7. The number of morpholine rings is 1. The van der Waals surface area contributed by atoms with E-state index in [1.807, 2.05) is 0 Å². The van der Waals surface area contributed by atoms with Crippen LogP contribution in [0.15, 0.2) is 48.5 Å². The van der Waals surface area contributed by atoms with Gasteiger partial charge in [-0.25, -0.2) is 15.6 Å². The zero-order valence-electron chi connectivity index (χ0n) is 20.7. The number of ether oxygens (including phenoxy) is 2. The molecule has 1 spiro atoms. The molecule has 204 valence electrons. The Bertz CT molecular complexity index is 1170. The van der Waals surface area contributed by atoms with E-state index in [0.29, 0.717) is 62.6 Å². The maximum atomic E-state index is 13.0. The predicted molar refractivity (Wildman–Crippen MR) is 131 cm³/mol. The average Bonchev–Trinajstić information content (AvgIpc) is 2.88. The highest BCUT2D eigenvalue weighted by molar-refractivity contribution is 5.96. The number of piperidine rings is 1. The highest BCUT2D eigenvalue weighted by atomic mass is 19.4. The van der Waals surface area contributed by atoms with Gasteiger partial charge in [0.15, 0.2) is 0 Å². The molecular formula is C25H28F3N5O5. The fourth-order valence-electron chi connectivity index (χ4n) is 4.51. The predicted octanol–water partition coefficient (Wildman–Crippen LogP) is 3.35. The van der Waals surface area contributed by atoms with Crippen LogP contribution in [-0.2, 0) is 9.53 Å². The summed E-state index contributed by atoms with van der Waals surface area (Å²) in [6.07, 6.45) is -3.73. The number of carbonyl (C=O) groups excluding carboxylic acids is 3. The molecule has 2 aromatic carbocycles. The van der Waals surface area contributed by atoms with Crippen LogP contribution in [0.5, 0.6) is 5.75 Å². The van der Waals surface area contributed by atoms with E-state index < -0.39 is 18.0 Å². The molecule has 2 saturated heterocycles. The molecule has 0 aromatic heterocycles. The molecule has 2 heterocycles. The van der Waals surface area contributed by atoms with Gasteiger partial charge in [0, 0.05) is 37.8 Å². The van der Waals surface area contributed by atoms with E-state index in [9.17, 15) is 27.6 Å². The van der Waals surface area contributed by atoms with Crippen molar-refractivity contribution < 1.29 is 37.0 Å². The Kier molecular flexibility index (Phi) is 7.78. The minimum atomic E-state index is -4.79. The van der Waals surface area contributed by atoms with Crippen molar-refractivity contribution in [2.75, 3.05) is 43.1 Å². The molecule has 2 fully saturated rings. The maximum absolute atomic E-state index is 13.0. The second kappa shape index (κ2) is 10.9. The highest BCUT2D eigenvalue weighted by Gasteiger charge is 2.42. The second-order valence-electron chi connectivity index (χ2n) is 9.18. The first-order valence-electron chi connectivity index (χ1n) is 12.0. The Hall–Kier alpha value is -3.84. The minimum Gasteiger partial charge on any atom is -0.406 e. The number of nitrogens with two attached hydrogens (primary N) is 1. The Morgan fingerprint density at radius 2 is 1.63 bits per heavy atom. The molecule has 2 aliphatic heterocycles. The average molecular weight is 536 g/mol. The van der Waals surface area contributed by atoms with Gasteiger partial charge >= 0.3 is 12.4 Å². The first-order chi connectivity index (χ1) is 17.9. The van der Waals surface area contributed by atoms with Crippen LogP contribution in [0.3, 0.4) is 0 Å². The molecular weight excluding hydrogens is 507 g/mol. The molecule has 0 aliphatic carbocycles. The van der Waals surface area contributed by atoms with Crippen molar-refractivity contribution in [2.45, 2.75) is 31.7 Å². The summed E-state index contributed by atoms with van der Waals surface area (Å²) in [6, 6.07) is 11.0. The number of amides is 4. The first kappa shape index (κ1) is 27.2. The third kappa shape index (κ3) is 6.53. The molecule has 13 heteroatoms. The Morgan fingerprint density at radius 1 is 1.00 bits per heavy atom. The fourth-order valence-corrected chi connectivity index (χ4v) is 4.51. The molecule has 38 heavy (non-hydrogen) atoms. The van der Waals surface area contributed by atoms with Crippen LogP contribution < -0.4 is 20.9 Å². The molecule has 3 N–H and O–H groups in total. The number of likely N-dealkylation sites (tertiary alicyclic amines) is 1. The summed E-state index contributed by atoms with van der Waals surface area (Å²) in [5.74, 6) is 4.83. The van der Waals surface area contributed by atoms with Gasteiger partial charge in [0.1, 0.15) is 5.75 Å². The van der Waals surface area contributed by atoms with Crippen molar-refractivity contribution in [3.8, 4) is 5.75 Å². The summed E-state index contributed by atoms with van der Waals surface area (Å²) in [6.45, 7) is 3.22. The lowest BCUT2D eigenvalue weighted by Crippen LogP contribution is -2.59. The number of halogens is 3. The summed E-state index contributed by atoms with van der Waals surface area (Å²) in [7, 11) is 0. The summed E-state index contributed by atoms with van der Waals surface area (Å²) in [5.41, 5.74) is 0.685. The van der Waals surface area contributed by atoms with Crippen LogP contribution >= 0.6 is 0 Å². The fraction of sp³-hybridized carbons (Fsp3) is 0.400. The minimum absolute atomic E-state index is 0.152. The van der Waals surface area contributed by atoms with Crippen LogP contribution in [0.1, 0.15) is 30.1 Å². The molecule has 4 rings (SSSR count). The smallest absolute Gasteiger partial charge is 0.406 e. The number of alkyl halides is 3. The van der Waals surface area contributed by atoms with Crippen molar-refractivity contribution in [2.24, 2.45) is 5.84 Å². The monoisotopic (exact) mass is 535 g/mol. The number of nitrogens with zero attached hydrogens (tertiary/aromatic N) is 3.